The van der Waals surface area contributed by atoms with Gasteiger partial charge in [-0.05, 0) is 77.0 Å². The number of alkyl carbamates (subject to hydrolysis) is 6. The van der Waals surface area contributed by atoms with Crippen LogP contribution >= 0.6 is 0 Å². The van der Waals surface area contributed by atoms with Crippen molar-refractivity contribution in [2.45, 2.75) is 160 Å². The molecule has 0 aliphatic rings. The number of aliphatic imine (C=N–C) groups is 6. The summed E-state index contributed by atoms with van der Waals surface area (Å²) in [7, 11) is 0. The lowest BCUT2D eigenvalue weighted by Crippen LogP contribution is -2.41. The predicted molar refractivity (Wildman–Crippen MR) is 316 cm³/mol. The molecule has 0 aromatic rings. The fourth-order valence-corrected chi connectivity index (χ4v) is 7.26. The minimum Gasteiger partial charge on any atom is -0.448 e. The highest BCUT2D eigenvalue weighted by Crippen LogP contribution is 2.22. The molecule has 0 spiro atoms. The summed E-state index contributed by atoms with van der Waals surface area (Å²) in [4.78, 5) is 155. The summed E-state index contributed by atoms with van der Waals surface area (Å²) >= 11 is 0. The van der Waals surface area contributed by atoms with Crippen molar-refractivity contribution >= 4 is 73.0 Å². The maximum absolute atomic E-state index is 12.3. The van der Waals surface area contributed by atoms with Crippen molar-refractivity contribution in [1.29, 1.82) is 0 Å². The van der Waals surface area contributed by atoms with E-state index < -0.39 is 48.1 Å². The second-order valence-corrected chi connectivity index (χ2v) is 19.4. The van der Waals surface area contributed by atoms with Crippen LogP contribution in [0.25, 0.3) is 0 Å². The molecular formula is C57H92N12O18. The van der Waals surface area contributed by atoms with Crippen molar-refractivity contribution in [2.24, 2.45) is 35.4 Å². The number of hydrogen-bond acceptors (Lipinski definition) is 24. The zero-order valence-electron chi connectivity index (χ0n) is 50.4. The van der Waals surface area contributed by atoms with Crippen molar-refractivity contribution < 1.29 is 86.0 Å². The topological polar surface area (TPSA) is 407 Å². The molecular weight excluding hydrogens is 1140 g/mol. The van der Waals surface area contributed by atoms with Crippen LogP contribution < -0.4 is 31.9 Å². The van der Waals surface area contributed by atoms with Gasteiger partial charge in [0.1, 0.15) is 33.0 Å². The van der Waals surface area contributed by atoms with E-state index in [4.69, 9.17) is 28.4 Å². The smallest absolute Gasteiger partial charge is 0.407 e. The summed E-state index contributed by atoms with van der Waals surface area (Å²) in [6.07, 6.45) is 24.1. The van der Waals surface area contributed by atoms with Crippen LogP contribution in [0.5, 0.6) is 0 Å². The number of hydrogen-bond donors (Lipinski definition) is 6. The van der Waals surface area contributed by atoms with Crippen LogP contribution in [0.2, 0.25) is 0 Å². The van der Waals surface area contributed by atoms with E-state index in [1.165, 1.54) is 42.6 Å². The predicted octanol–water partition coefficient (Wildman–Crippen LogP) is 7.25. The Kier molecular flexibility index (Phi) is 59.1. The zero-order valence-corrected chi connectivity index (χ0v) is 50.4. The molecule has 0 aromatic heterocycles. The Hall–Kier alpha value is -8.36. The molecule has 0 heterocycles. The minimum absolute atomic E-state index is 0.265. The zero-order chi connectivity index (χ0) is 64.2. The molecule has 0 unspecified atom stereocenters. The second-order valence-electron chi connectivity index (χ2n) is 19.4. The fourth-order valence-electron chi connectivity index (χ4n) is 7.26. The van der Waals surface area contributed by atoms with Gasteiger partial charge in [-0.2, -0.15) is 0 Å². The molecule has 0 aliphatic carbocycles. The molecule has 0 aliphatic heterocycles. The van der Waals surface area contributed by atoms with Crippen LogP contribution in [0.4, 0.5) is 28.8 Å². The number of rotatable bonds is 54. The van der Waals surface area contributed by atoms with Gasteiger partial charge in [0.2, 0.25) is 36.5 Å². The quantitative estimate of drug-likeness (QED) is 0.0115. The maximum atomic E-state index is 12.3. The summed E-state index contributed by atoms with van der Waals surface area (Å²) in [5.41, 5.74) is -1.21. The molecule has 0 atom stereocenters. The highest BCUT2D eigenvalue weighted by Gasteiger charge is 2.33. The number of nitrogens with one attached hydrogen (secondary N) is 6. The monoisotopic (exact) mass is 1230 g/mol. The molecule has 0 saturated carbocycles. The highest BCUT2D eigenvalue weighted by molar-refractivity contribution is 5.69. The van der Waals surface area contributed by atoms with Gasteiger partial charge >= 0.3 is 36.6 Å². The Balaban J connectivity index is 0. The summed E-state index contributed by atoms with van der Waals surface area (Å²) in [5, 5.41) is 15.8. The normalized spacial score (nSPS) is 10.9. The van der Waals surface area contributed by atoms with E-state index >= 15 is 0 Å². The van der Waals surface area contributed by atoms with Crippen LogP contribution in [0.1, 0.15) is 154 Å². The Morgan fingerprint density at radius 3 is 0.747 bits per heavy atom. The number of isocyanates is 6. The Morgan fingerprint density at radius 1 is 0.322 bits per heavy atom. The molecule has 30 heteroatoms. The Labute approximate surface area is 509 Å². The molecule has 0 bridgehead atoms. The van der Waals surface area contributed by atoms with Crippen molar-refractivity contribution in [3.63, 3.8) is 0 Å². The molecule has 6 N–H and O–H groups in total. The largest absolute Gasteiger partial charge is 0.448 e. The van der Waals surface area contributed by atoms with Crippen LogP contribution in [0.3, 0.4) is 0 Å². The lowest BCUT2D eigenvalue weighted by atomic mass is 9.91. The fraction of sp³-hybridized carbons (Fsp3) is 0.754. The summed E-state index contributed by atoms with van der Waals surface area (Å²) in [5.74, 6) is 0. The SMILES string of the molecule is C=CC(COC(=O)NCCCCCCN=C=O)(COC(=O)NCCCCCCN=C=O)COC(=O)NCCCCCCN=C=O.O=C=NCCCCCCNC(=O)OCC(COC(=O)NCCCCCCN=C=O)OC(=O)NCCCCCCN=C=O. The van der Waals surface area contributed by atoms with Crippen molar-refractivity contribution in [2.75, 3.05) is 112 Å². The number of carbonyl (C=O) groups excluding carboxylic acids is 12. The van der Waals surface area contributed by atoms with Gasteiger partial charge < -0.3 is 60.3 Å². The summed E-state index contributed by atoms with van der Waals surface area (Å²) in [6, 6.07) is 0. The lowest BCUT2D eigenvalue weighted by molar-refractivity contribution is 0.00736. The van der Waals surface area contributed by atoms with Crippen molar-refractivity contribution in [3.05, 3.63) is 12.7 Å². The third-order valence-corrected chi connectivity index (χ3v) is 12.2. The number of nitrogens with zero attached hydrogens (tertiary/aromatic N) is 6. The van der Waals surface area contributed by atoms with Crippen LogP contribution in [0, 0.1) is 5.41 Å². The molecule has 0 aromatic carbocycles. The average molecular weight is 1230 g/mol. The van der Waals surface area contributed by atoms with Gasteiger partial charge in [0.25, 0.3) is 0 Å². The molecule has 0 fully saturated rings. The third kappa shape index (κ3) is 59.2. The molecule has 488 valence electrons. The highest BCUT2D eigenvalue weighted by atomic mass is 16.6. The maximum Gasteiger partial charge on any atom is 0.407 e. The third-order valence-electron chi connectivity index (χ3n) is 12.2. The Morgan fingerprint density at radius 2 is 0.529 bits per heavy atom. The van der Waals surface area contributed by atoms with Gasteiger partial charge in [-0.3, -0.25) is 0 Å². The number of carbonyl (C=O) groups is 6. The summed E-state index contributed by atoms with van der Waals surface area (Å²) < 4.78 is 31.7. The first kappa shape index (κ1) is 80.7. The van der Waals surface area contributed by atoms with Crippen LogP contribution in [0.15, 0.2) is 42.6 Å². The number of amides is 6. The van der Waals surface area contributed by atoms with Crippen molar-refractivity contribution in [3.8, 4) is 0 Å². The van der Waals surface area contributed by atoms with Gasteiger partial charge in [0, 0.05) is 39.3 Å². The van der Waals surface area contributed by atoms with Gasteiger partial charge in [0.15, 0.2) is 6.10 Å². The second kappa shape index (κ2) is 63.7. The van der Waals surface area contributed by atoms with E-state index in [2.05, 4.69) is 68.4 Å². The molecule has 87 heavy (non-hydrogen) atoms. The molecule has 30 nitrogen and oxygen atoms in total. The first-order valence-corrected chi connectivity index (χ1v) is 29.8. The van der Waals surface area contributed by atoms with Gasteiger partial charge in [0.05, 0.1) is 44.7 Å². The van der Waals surface area contributed by atoms with Gasteiger partial charge in [-0.25, -0.2) is 87.5 Å². The number of unbranched alkanes of at least 4 members (excludes halogenated alkanes) is 18. The van der Waals surface area contributed by atoms with E-state index in [0.29, 0.717) is 117 Å². The van der Waals surface area contributed by atoms with E-state index in [1.54, 1.807) is 0 Å². The first-order valence-electron chi connectivity index (χ1n) is 29.8. The average Bonchev–Trinajstić information content (AvgIpc) is 3.63. The Bertz CT molecular complexity index is 2010. The lowest BCUT2D eigenvalue weighted by Gasteiger charge is -2.29. The van der Waals surface area contributed by atoms with E-state index in [0.717, 1.165) is 116 Å². The molecule has 0 saturated heterocycles. The van der Waals surface area contributed by atoms with E-state index in [1.807, 2.05) is 0 Å². The minimum atomic E-state index is -1.21. The number of ether oxygens (including phenoxy) is 6. The summed E-state index contributed by atoms with van der Waals surface area (Å²) in [6.45, 7) is 7.20. The van der Waals surface area contributed by atoms with E-state index in [9.17, 15) is 57.5 Å². The standard InChI is InChI=1S/C30H48N6O9.C27H44N6O9/c1-2-30(21-43-27(40)34-18-12-6-3-9-15-31-24-37,22-44-28(41)35-19-13-7-4-10-16-32-25-38)23-45-29(42)36-20-14-8-5-11-17-33-26-39;34-21-28-13-7-1-4-10-16-31-25(37)40-19-24(42-27(39)33-18-12-6-3-9-15-30-23-36)20-41-26(38)32-17-11-5-2-8-14-29-22-35/h2H,1,3-23H2,(H,34,40)(H,35,41)(H,36,42);24H,1-20H2,(H,31,37)(H,32,38)(H,33,39). The van der Waals surface area contributed by atoms with Crippen molar-refractivity contribution in [1.82, 2.24) is 31.9 Å². The van der Waals surface area contributed by atoms with E-state index in [-0.39, 0.29) is 33.0 Å². The van der Waals surface area contributed by atoms with Gasteiger partial charge in [-0.1, -0.05) is 83.1 Å². The van der Waals surface area contributed by atoms with Gasteiger partial charge in [-0.15, -0.1) is 6.58 Å². The first-order chi connectivity index (χ1) is 42.5. The molecule has 0 radical (unpaired) electrons. The van der Waals surface area contributed by atoms with Crippen LogP contribution in [-0.2, 0) is 57.2 Å². The molecule has 0 rings (SSSR count). The molecule has 6 amide bonds. The van der Waals surface area contributed by atoms with Crippen LogP contribution in [-0.4, -0.2) is 191 Å².